The minimum absolute atomic E-state index is 0.0484. The maximum atomic E-state index is 12.7. The fourth-order valence-corrected chi connectivity index (χ4v) is 2.99. The van der Waals surface area contributed by atoms with Crippen LogP contribution in [0.15, 0.2) is 18.2 Å². The Morgan fingerprint density at radius 3 is 2.81 bits per heavy atom. The van der Waals surface area contributed by atoms with Crippen molar-refractivity contribution in [3.8, 4) is 11.5 Å². The predicted octanol–water partition coefficient (Wildman–Crippen LogP) is 1.67. The molecule has 0 atom stereocenters. The molecule has 2 aliphatic heterocycles. The number of rotatable bonds is 3. The SMILES string of the molecule is CCNC1CCN(C(=O)c2cccc3c2OCCO3)CC1. The van der Waals surface area contributed by atoms with E-state index in [1.807, 2.05) is 23.1 Å². The van der Waals surface area contributed by atoms with Crippen molar-refractivity contribution in [2.75, 3.05) is 32.8 Å². The minimum atomic E-state index is 0.0484. The van der Waals surface area contributed by atoms with Crippen LogP contribution in [0.2, 0.25) is 0 Å². The molecule has 0 aromatic heterocycles. The smallest absolute Gasteiger partial charge is 0.257 e. The molecule has 1 amide bonds. The largest absolute Gasteiger partial charge is 0.486 e. The molecule has 0 saturated carbocycles. The molecule has 1 saturated heterocycles. The number of hydrogen-bond acceptors (Lipinski definition) is 4. The second-order valence-corrected chi connectivity index (χ2v) is 5.45. The van der Waals surface area contributed by atoms with Gasteiger partial charge in [-0.2, -0.15) is 0 Å². The number of fused-ring (bicyclic) bond motifs is 1. The Balaban J connectivity index is 1.72. The topological polar surface area (TPSA) is 50.8 Å². The number of para-hydroxylation sites is 1. The van der Waals surface area contributed by atoms with Gasteiger partial charge in [0.2, 0.25) is 0 Å². The van der Waals surface area contributed by atoms with Crippen LogP contribution in [0.3, 0.4) is 0 Å². The first-order chi connectivity index (χ1) is 10.3. The van der Waals surface area contributed by atoms with Crippen molar-refractivity contribution in [1.29, 1.82) is 0 Å². The van der Waals surface area contributed by atoms with Gasteiger partial charge in [-0.15, -0.1) is 0 Å². The number of carbonyl (C=O) groups is 1. The van der Waals surface area contributed by atoms with E-state index >= 15 is 0 Å². The van der Waals surface area contributed by atoms with Gasteiger partial charge in [0.05, 0.1) is 5.56 Å². The van der Waals surface area contributed by atoms with E-state index in [1.54, 1.807) is 0 Å². The highest BCUT2D eigenvalue weighted by atomic mass is 16.6. The number of nitrogens with zero attached hydrogens (tertiary/aromatic N) is 1. The Hall–Kier alpha value is -1.75. The first kappa shape index (κ1) is 14.2. The molecule has 5 heteroatoms. The molecule has 1 aromatic rings. The van der Waals surface area contributed by atoms with Crippen LogP contribution in [-0.4, -0.2) is 49.7 Å². The summed E-state index contributed by atoms with van der Waals surface area (Å²) in [4.78, 5) is 14.6. The van der Waals surface area contributed by atoms with E-state index in [1.165, 1.54) is 0 Å². The molecule has 0 radical (unpaired) electrons. The molecule has 114 valence electrons. The summed E-state index contributed by atoms with van der Waals surface area (Å²) >= 11 is 0. The third-order valence-electron chi connectivity index (χ3n) is 4.07. The molecule has 0 aliphatic carbocycles. The van der Waals surface area contributed by atoms with Gasteiger partial charge < -0.3 is 19.7 Å². The third kappa shape index (κ3) is 2.97. The van der Waals surface area contributed by atoms with Crippen molar-refractivity contribution >= 4 is 5.91 Å². The molecule has 0 bridgehead atoms. The first-order valence-corrected chi connectivity index (χ1v) is 7.71. The van der Waals surface area contributed by atoms with Crippen molar-refractivity contribution in [1.82, 2.24) is 10.2 Å². The van der Waals surface area contributed by atoms with Crippen molar-refractivity contribution in [3.05, 3.63) is 23.8 Å². The molecule has 1 N–H and O–H groups in total. The van der Waals surface area contributed by atoms with Gasteiger partial charge in [0.1, 0.15) is 13.2 Å². The van der Waals surface area contributed by atoms with Crippen LogP contribution >= 0.6 is 0 Å². The lowest BCUT2D eigenvalue weighted by molar-refractivity contribution is 0.0695. The van der Waals surface area contributed by atoms with E-state index in [-0.39, 0.29) is 5.91 Å². The normalized spacial score (nSPS) is 18.6. The Morgan fingerprint density at radius 1 is 1.29 bits per heavy atom. The second-order valence-electron chi connectivity index (χ2n) is 5.45. The average Bonchev–Trinajstić information content (AvgIpc) is 2.55. The standard InChI is InChI=1S/C16H22N2O3/c1-2-17-12-6-8-18(9-7-12)16(19)13-4-3-5-14-15(13)21-11-10-20-14/h3-5,12,17H,2,6-11H2,1H3. The first-order valence-electron chi connectivity index (χ1n) is 7.71. The number of hydrogen-bond donors (Lipinski definition) is 1. The summed E-state index contributed by atoms with van der Waals surface area (Å²) in [5, 5.41) is 3.45. The number of ether oxygens (including phenoxy) is 2. The summed E-state index contributed by atoms with van der Waals surface area (Å²) in [7, 11) is 0. The highest BCUT2D eigenvalue weighted by molar-refractivity contribution is 5.98. The number of piperidine rings is 1. The van der Waals surface area contributed by atoms with E-state index in [0.29, 0.717) is 36.3 Å². The zero-order valence-electron chi connectivity index (χ0n) is 12.4. The Bertz CT molecular complexity index is 510. The van der Waals surface area contributed by atoms with Crippen molar-refractivity contribution in [2.24, 2.45) is 0 Å². The average molecular weight is 290 g/mol. The fraction of sp³-hybridized carbons (Fsp3) is 0.562. The van der Waals surface area contributed by atoms with Crippen LogP contribution < -0.4 is 14.8 Å². The Morgan fingerprint density at radius 2 is 2.05 bits per heavy atom. The van der Waals surface area contributed by atoms with Gasteiger partial charge in [-0.1, -0.05) is 13.0 Å². The number of nitrogens with one attached hydrogen (secondary N) is 1. The number of amides is 1. The maximum Gasteiger partial charge on any atom is 0.257 e. The predicted molar refractivity (Wildman–Crippen MR) is 80.0 cm³/mol. The zero-order chi connectivity index (χ0) is 14.7. The third-order valence-corrected chi connectivity index (χ3v) is 4.07. The van der Waals surface area contributed by atoms with E-state index in [2.05, 4.69) is 12.2 Å². The molecule has 0 spiro atoms. The lowest BCUT2D eigenvalue weighted by atomic mass is 10.0. The molecule has 1 aromatic carbocycles. The Kier molecular flexibility index (Phi) is 4.29. The second kappa shape index (κ2) is 6.35. The van der Waals surface area contributed by atoms with E-state index in [9.17, 15) is 4.79 Å². The molecule has 21 heavy (non-hydrogen) atoms. The lowest BCUT2D eigenvalue weighted by Crippen LogP contribution is -2.45. The summed E-state index contributed by atoms with van der Waals surface area (Å²) in [5.41, 5.74) is 0.620. The molecule has 0 unspecified atom stereocenters. The molecule has 5 nitrogen and oxygen atoms in total. The van der Waals surface area contributed by atoms with Gasteiger partial charge in [0.25, 0.3) is 5.91 Å². The molecule has 1 fully saturated rings. The molecule has 2 aliphatic rings. The molecule has 2 heterocycles. The van der Waals surface area contributed by atoms with Crippen LogP contribution in [0.25, 0.3) is 0 Å². The van der Waals surface area contributed by atoms with Crippen molar-refractivity contribution in [3.63, 3.8) is 0 Å². The van der Waals surface area contributed by atoms with E-state index < -0.39 is 0 Å². The summed E-state index contributed by atoms with van der Waals surface area (Å²) < 4.78 is 11.2. The fourth-order valence-electron chi connectivity index (χ4n) is 2.99. The number of benzene rings is 1. The minimum Gasteiger partial charge on any atom is -0.486 e. The van der Waals surface area contributed by atoms with Crippen molar-refractivity contribution in [2.45, 2.75) is 25.8 Å². The molecular formula is C16H22N2O3. The highest BCUT2D eigenvalue weighted by Crippen LogP contribution is 2.34. The quantitative estimate of drug-likeness (QED) is 0.920. The zero-order valence-corrected chi connectivity index (χ0v) is 12.4. The number of likely N-dealkylation sites (tertiary alicyclic amines) is 1. The summed E-state index contributed by atoms with van der Waals surface area (Å²) in [5.74, 6) is 1.32. The maximum absolute atomic E-state index is 12.7. The van der Waals surface area contributed by atoms with E-state index in [4.69, 9.17) is 9.47 Å². The highest BCUT2D eigenvalue weighted by Gasteiger charge is 2.27. The monoisotopic (exact) mass is 290 g/mol. The van der Waals surface area contributed by atoms with E-state index in [0.717, 1.165) is 32.5 Å². The molecular weight excluding hydrogens is 268 g/mol. The van der Waals surface area contributed by atoms with Crippen LogP contribution in [0.1, 0.15) is 30.1 Å². The van der Waals surface area contributed by atoms with Crippen LogP contribution in [0.4, 0.5) is 0 Å². The van der Waals surface area contributed by atoms with Gasteiger partial charge in [-0.25, -0.2) is 0 Å². The van der Waals surface area contributed by atoms with Gasteiger partial charge in [-0.3, -0.25) is 4.79 Å². The molecule has 3 rings (SSSR count). The van der Waals surface area contributed by atoms with Gasteiger partial charge in [0, 0.05) is 19.1 Å². The number of carbonyl (C=O) groups excluding carboxylic acids is 1. The van der Waals surface area contributed by atoms with Gasteiger partial charge >= 0.3 is 0 Å². The lowest BCUT2D eigenvalue weighted by Gasteiger charge is -2.33. The summed E-state index contributed by atoms with van der Waals surface area (Å²) in [6.07, 6.45) is 2.01. The van der Waals surface area contributed by atoms with Crippen LogP contribution in [0.5, 0.6) is 11.5 Å². The summed E-state index contributed by atoms with van der Waals surface area (Å²) in [6.45, 7) is 5.72. The van der Waals surface area contributed by atoms with Gasteiger partial charge in [-0.05, 0) is 31.5 Å². The van der Waals surface area contributed by atoms with Gasteiger partial charge in [0.15, 0.2) is 11.5 Å². The van der Waals surface area contributed by atoms with Crippen molar-refractivity contribution < 1.29 is 14.3 Å². The summed E-state index contributed by atoms with van der Waals surface area (Å²) in [6, 6.07) is 6.06. The Labute approximate surface area is 125 Å². The van der Waals surface area contributed by atoms with Crippen LogP contribution in [-0.2, 0) is 0 Å². The van der Waals surface area contributed by atoms with Crippen LogP contribution in [0, 0.1) is 0 Å².